The van der Waals surface area contributed by atoms with Gasteiger partial charge in [0.05, 0.1) is 0 Å². The van der Waals surface area contributed by atoms with Crippen LogP contribution in [0, 0.1) is 6.92 Å². The van der Waals surface area contributed by atoms with E-state index in [1.165, 1.54) is 12.8 Å². The van der Waals surface area contributed by atoms with Crippen molar-refractivity contribution in [2.24, 2.45) is 0 Å². The van der Waals surface area contributed by atoms with E-state index in [1.54, 1.807) is 0 Å². The Hall–Kier alpha value is -1.32. The van der Waals surface area contributed by atoms with Crippen molar-refractivity contribution in [3.8, 4) is 0 Å². The Balaban J connectivity index is 3.21. The summed E-state index contributed by atoms with van der Waals surface area (Å²) in [4.78, 5) is 11.6. The van der Waals surface area contributed by atoms with E-state index in [4.69, 9.17) is 4.98 Å². The fourth-order valence-corrected chi connectivity index (χ4v) is 2.19. The van der Waals surface area contributed by atoms with Crippen LogP contribution in [-0.2, 0) is 0 Å². The molecule has 1 rings (SSSR count). The highest BCUT2D eigenvalue weighted by molar-refractivity contribution is 5.58. The van der Waals surface area contributed by atoms with Crippen molar-refractivity contribution in [3.63, 3.8) is 0 Å². The van der Waals surface area contributed by atoms with Crippen molar-refractivity contribution in [2.45, 2.75) is 59.4 Å². The molecule has 108 valence electrons. The minimum atomic E-state index is 0.335. The maximum absolute atomic E-state index is 4.76. The molecule has 1 heterocycles. The summed E-state index contributed by atoms with van der Waals surface area (Å²) in [6, 6.07) is 0.489. The third-order valence-corrected chi connectivity index (χ3v) is 3.59. The first kappa shape index (κ1) is 15.7. The second kappa shape index (κ2) is 6.73. The van der Waals surface area contributed by atoms with E-state index in [0.29, 0.717) is 12.0 Å². The van der Waals surface area contributed by atoms with Gasteiger partial charge in [-0.1, -0.05) is 27.2 Å². The molecule has 1 unspecified atom stereocenters. The molecule has 1 N–H and O–H groups in total. The molecule has 0 bridgehead atoms. The molecule has 0 aliphatic carbocycles. The second-order valence-corrected chi connectivity index (χ2v) is 5.53. The average Bonchev–Trinajstić information content (AvgIpc) is 2.38. The Bertz CT molecular complexity index is 415. The van der Waals surface area contributed by atoms with Crippen LogP contribution in [0.5, 0.6) is 0 Å². The topological polar surface area (TPSA) is 41.1 Å². The first-order valence-electron chi connectivity index (χ1n) is 7.21. The molecule has 4 heteroatoms. The average molecular weight is 264 g/mol. The van der Waals surface area contributed by atoms with Gasteiger partial charge in [-0.2, -0.15) is 0 Å². The Morgan fingerprint density at radius 3 is 2.32 bits per heavy atom. The molecule has 0 aliphatic rings. The molecule has 0 saturated carbocycles. The van der Waals surface area contributed by atoms with Gasteiger partial charge in [0.2, 0.25) is 0 Å². The summed E-state index contributed by atoms with van der Waals surface area (Å²) in [5, 5.41) is 3.18. The van der Waals surface area contributed by atoms with Crippen LogP contribution in [0.15, 0.2) is 0 Å². The molecular formula is C15H28N4. The van der Waals surface area contributed by atoms with Crippen molar-refractivity contribution in [2.75, 3.05) is 24.3 Å². The smallest absolute Gasteiger partial charge is 0.137 e. The zero-order valence-electron chi connectivity index (χ0n) is 13.4. The van der Waals surface area contributed by atoms with Crippen LogP contribution >= 0.6 is 0 Å². The molecule has 0 fully saturated rings. The van der Waals surface area contributed by atoms with Gasteiger partial charge >= 0.3 is 0 Å². The fourth-order valence-electron chi connectivity index (χ4n) is 2.19. The molecule has 0 aliphatic heterocycles. The van der Waals surface area contributed by atoms with E-state index in [2.05, 4.69) is 56.9 Å². The molecule has 0 spiro atoms. The van der Waals surface area contributed by atoms with Crippen molar-refractivity contribution in [1.29, 1.82) is 0 Å². The van der Waals surface area contributed by atoms with E-state index in [-0.39, 0.29) is 0 Å². The van der Waals surface area contributed by atoms with Crippen LogP contribution in [0.1, 0.15) is 57.8 Å². The van der Waals surface area contributed by atoms with Gasteiger partial charge in [0, 0.05) is 31.6 Å². The summed E-state index contributed by atoms with van der Waals surface area (Å²) in [5.74, 6) is 3.22. The Labute approximate surface area is 117 Å². The van der Waals surface area contributed by atoms with Crippen molar-refractivity contribution in [3.05, 3.63) is 11.4 Å². The highest BCUT2D eigenvalue weighted by atomic mass is 15.2. The second-order valence-electron chi connectivity index (χ2n) is 5.53. The predicted octanol–water partition coefficient (Wildman–Crippen LogP) is 3.57. The summed E-state index contributed by atoms with van der Waals surface area (Å²) in [6.07, 6.45) is 2.36. The summed E-state index contributed by atoms with van der Waals surface area (Å²) >= 11 is 0. The highest BCUT2D eigenvalue weighted by Gasteiger charge is 2.18. The molecule has 1 aromatic rings. The molecular weight excluding hydrogens is 236 g/mol. The lowest BCUT2D eigenvalue weighted by Gasteiger charge is -2.28. The van der Waals surface area contributed by atoms with Crippen molar-refractivity contribution >= 4 is 11.6 Å². The van der Waals surface area contributed by atoms with Gasteiger partial charge in [0.1, 0.15) is 17.5 Å². The zero-order chi connectivity index (χ0) is 14.6. The van der Waals surface area contributed by atoms with Gasteiger partial charge in [0.25, 0.3) is 0 Å². The van der Waals surface area contributed by atoms with E-state index in [9.17, 15) is 0 Å². The number of anilines is 2. The lowest BCUT2D eigenvalue weighted by atomic mass is 10.1. The van der Waals surface area contributed by atoms with Gasteiger partial charge in [-0.05, 0) is 20.3 Å². The van der Waals surface area contributed by atoms with E-state index in [1.807, 2.05) is 7.05 Å². The molecule has 19 heavy (non-hydrogen) atoms. The van der Waals surface area contributed by atoms with Gasteiger partial charge in [-0.3, -0.25) is 0 Å². The number of hydrogen-bond donors (Lipinski definition) is 1. The number of nitrogens with one attached hydrogen (secondary N) is 1. The molecule has 0 radical (unpaired) electrons. The van der Waals surface area contributed by atoms with Gasteiger partial charge in [0.15, 0.2) is 0 Å². The SMILES string of the molecule is CCCC(C)N(C)c1nc(C(C)C)nc(NC)c1C. The van der Waals surface area contributed by atoms with Crippen LogP contribution in [0.2, 0.25) is 0 Å². The predicted molar refractivity (Wildman–Crippen MR) is 83.2 cm³/mol. The maximum atomic E-state index is 4.76. The minimum Gasteiger partial charge on any atom is -0.373 e. The minimum absolute atomic E-state index is 0.335. The third kappa shape index (κ3) is 3.58. The van der Waals surface area contributed by atoms with Gasteiger partial charge in [-0.15, -0.1) is 0 Å². The molecule has 4 nitrogen and oxygen atoms in total. The lowest BCUT2D eigenvalue weighted by molar-refractivity contribution is 0.606. The Morgan fingerprint density at radius 1 is 1.21 bits per heavy atom. The first-order valence-corrected chi connectivity index (χ1v) is 7.21. The monoisotopic (exact) mass is 264 g/mol. The first-order chi connectivity index (χ1) is 8.92. The quantitative estimate of drug-likeness (QED) is 0.852. The van der Waals surface area contributed by atoms with E-state index < -0.39 is 0 Å². The van der Waals surface area contributed by atoms with E-state index >= 15 is 0 Å². The van der Waals surface area contributed by atoms with Crippen molar-refractivity contribution < 1.29 is 0 Å². The Morgan fingerprint density at radius 2 is 1.84 bits per heavy atom. The fraction of sp³-hybridized carbons (Fsp3) is 0.733. The standard InChI is InChI=1S/C15H28N4/c1-8-9-11(4)19(7)15-12(5)14(16-6)17-13(18-15)10(2)3/h10-11H,8-9H2,1-7H3,(H,16,17,18). The number of hydrogen-bond acceptors (Lipinski definition) is 4. The lowest BCUT2D eigenvalue weighted by Crippen LogP contribution is -2.30. The maximum Gasteiger partial charge on any atom is 0.137 e. The number of aromatic nitrogens is 2. The molecule has 0 saturated heterocycles. The normalized spacial score (nSPS) is 12.6. The highest BCUT2D eigenvalue weighted by Crippen LogP contribution is 2.26. The Kier molecular flexibility index (Phi) is 5.58. The van der Waals surface area contributed by atoms with Gasteiger partial charge in [-0.25, -0.2) is 9.97 Å². The summed E-state index contributed by atoms with van der Waals surface area (Å²) < 4.78 is 0. The molecule has 0 amide bonds. The molecule has 0 aromatic carbocycles. The van der Waals surface area contributed by atoms with Gasteiger partial charge < -0.3 is 10.2 Å². The number of rotatable bonds is 6. The van der Waals surface area contributed by atoms with Crippen LogP contribution in [0.3, 0.4) is 0 Å². The molecule has 1 atom stereocenters. The summed E-state index contributed by atoms with van der Waals surface area (Å²) in [5.41, 5.74) is 1.12. The molecule has 1 aromatic heterocycles. The van der Waals surface area contributed by atoms with Crippen molar-refractivity contribution in [1.82, 2.24) is 9.97 Å². The summed E-state index contributed by atoms with van der Waals surface area (Å²) in [7, 11) is 4.04. The van der Waals surface area contributed by atoms with Crippen LogP contribution in [-0.4, -0.2) is 30.1 Å². The number of nitrogens with zero attached hydrogens (tertiary/aromatic N) is 3. The zero-order valence-corrected chi connectivity index (χ0v) is 13.4. The largest absolute Gasteiger partial charge is 0.373 e. The summed E-state index contributed by atoms with van der Waals surface area (Å²) in [6.45, 7) is 10.8. The van der Waals surface area contributed by atoms with Crippen LogP contribution in [0.4, 0.5) is 11.6 Å². The third-order valence-electron chi connectivity index (χ3n) is 3.59. The van der Waals surface area contributed by atoms with E-state index in [0.717, 1.165) is 23.0 Å². The van der Waals surface area contributed by atoms with Crippen LogP contribution in [0.25, 0.3) is 0 Å². The van der Waals surface area contributed by atoms with Crippen LogP contribution < -0.4 is 10.2 Å².